The number of nitrogens with zero attached hydrogens (tertiary/aromatic N) is 1. The molecule has 0 amide bonds. The van der Waals surface area contributed by atoms with Crippen LogP contribution in [0.2, 0.25) is 0 Å². The summed E-state index contributed by atoms with van der Waals surface area (Å²) in [5, 5.41) is 16.3. The lowest BCUT2D eigenvalue weighted by Crippen LogP contribution is -2.48. The Labute approximate surface area is 116 Å². The number of nitrogens with one attached hydrogen (secondary N) is 1. The highest BCUT2D eigenvalue weighted by atomic mass is 16.4. The van der Waals surface area contributed by atoms with E-state index in [2.05, 4.69) is 22.3 Å². The maximum atomic E-state index is 11.5. The maximum absolute atomic E-state index is 11.5. The molecule has 3 aliphatic carbocycles. The molecule has 0 radical (unpaired) electrons. The summed E-state index contributed by atoms with van der Waals surface area (Å²) in [5.74, 6) is -0.445. The summed E-state index contributed by atoms with van der Waals surface area (Å²) in [7, 11) is 0. The Kier molecular flexibility index (Phi) is 2.31. The number of rotatable bonds is 3. The third-order valence-electron chi connectivity index (χ3n) is 5.19. The Hall–Kier alpha value is -2.10. The molecule has 4 nitrogen and oxygen atoms in total. The average molecular weight is 268 g/mol. The van der Waals surface area contributed by atoms with Crippen molar-refractivity contribution in [2.75, 3.05) is 0 Å². The molecule has 1 heterocycles. The molecule has 2 N–H and O–H groups in total. The SMILES string of the molecule is O=C(O)[C@@H]1[C@@H]2CC[C@@]1(c1cccc(-c3cn[nH]c3)c1)C2. The van der Waals surface area contributed by atoms with Crippen LogP contribution in [0.25, 0.3) is 11.1 Å². The fraction of sp³-hybridized carbons (Fsp3) is 0.375. The van der Waals surface area contributed by atoms with Crippen LogP contribution in [0.1, 0.15) is 24.8 Å². The molecule has 0 aliphatic heterocycles. The molecule has 3 saturated carbocycles. The molecule has 0 saturated heterocycles. The Balaban J connectivity index is 1.76. The first-order valence-electron chi connectivity index (χ1n) is 7.03. The van der Waals surface area contributed by atoms with Crippen LogP contribution in [0.15, 0.2) is 36.7 Å². The Morgan fingerprint density at radius 1 is 1.40 bits per heavy atom. The van der Waals surface area contributed by atoms with Crippen molar-refractivity contribution in [3.63, 3.8) is 0 Å². The van der Waals surface area contributed by atoms with Gasteiger partial charge in [-0.3, -0.25) is 9.89 Å². The van der Waals surface area contributed by atoms with Gasteiger partial charge in [0.05, 0.1) is 12.1 Å². The first-order valence-corrected chi connectivity index (χ1v) is 7.03. The molecule has 4 heteroatoms. The predicted molar refractivity (Wildman–Crippen MR) is 74.2 cm³/mol. The van der Waals surface area contributed by atoms with E-state index >= 15 is 0 Å². The Morgan fingerprint density at radius 3 is 3.00 bits per heavy atom. The van der Waals surface area contributed by atoms with Crippen LogP contribution in [0.5, 0.6) is 0 Å². The molecule has 1 aromatic heterocycles. The Bertz CT molecular complexity index is 661. The third kappa shape index (κ3) is 1.42. The van der Waals surface area contributed by atoms with Gasteiger partial charge in [0.25, 0.3) is 0 Å². The molecular weight excluding hydrogens is 252 g/mol. The van der Waals surface area contributed by atoms with Gasteiger partial charge >= 0.3 is 5.97 Å². The van der Waals surface area contributed by atoms with Crippen LogP contribution in [0.4, 0.5) is 0 Å². The summed E-state index contributed by atoms with van der Waals surface area (Å²) < 4.78 is 0. The standard InChI is InChI=1S/C16H16N2O2/c19-15(20)14-11-4-5-16(14,7-11)13-3-1-2-10(6-13)12-8-17-18-9-12/h1-3,6,8-9,11,14H,4-5,7H2,(H,17,18)(H,19,20)/t11-,14+,16+/m1/s1. The molecule has 0 unspecified atom stereocenters. The fourth-order valence-electron chi connectivity index (χ4n) is 4.27. The minimum absolute atomic E-state index is 0.129. The monoisotopic (exact) mass is 268 g/mol. The molecule has 3 aliphatic rings. The number of carboxylic acids is 1. The van der Waals surface area contributed by atoms with E-state index < -0.39 is 5.97 Å². The topological polar surface area (TPSA) is 66.0 Å². The number of hydrogen-bond donors (Lipinski definition) is 2. The lowest BCUT2D eigenvalue weighted by Gasteiger charge is -2.45. The van der Waals surface area contributed by atoms with E-state index in [1.807, 2.05) is 18.3 Å². The van der Waals surface area contributed by atoms with Crippen molar-refractivity contribution in [1.29, 1.82) is 0 Å². The zero-order valence-electron chi connectivity index (χ0n) is 11.0. The van der Waals surface area contributed by atoms with Crippen LogP contribution in [0.3, 0.4) is 0 Å². The molecule has 20 heavy (non-hydrogen) atoms. The van der Waals surface area contributed by atoms with Crippen molar-refractivity contribution < 1.29 is 9.90 Å². The highest BCUT2D eigenvalue weighted by Gasteiger charge is 2.62. The molecule has 3 fully saturated rings. The van der Waals surface area contributed by atoms with Gasteiger partial charge in [-0.2, -0.15) is 5.10 Å². The van der Waals surface area contributed by atoms with Crippen LogP contribution in [-0.2, 0) is 10.2 Å². The number of carbonyl (C=O) groups is 1. The summed E-state index contributed by atoms with van der Waals surface area (Å²) in [6, 6.07) is 8.30. The van der Waals surface area contributed by atoms with Gasteiger partial charge in [0.1, 0.15) is 0 Å². The number of benzene rings is 1. The van der Waals surface area contributed by atoms with Crippen molar-refractivity contribution in [3.8, 4) is 11.1 Å². The van der Waals surface area contributed by atoms with Gasteiger partial charge in [0.15, 0.2) is 0 Å². The first-order chi connectivity index (χ1) is 9.71. The molecule has 2 bridgehead atoms. The van der Waals surface area contributed by atoms with E-state index in [4.69, 9.17) is 0 Å². The van der Waals surface area contributed by atoms with Crippen molar-refractivity contribution >= 4 is 5.97 Å². The molecule has 3 atom stereocenters. The van der Waals surface area contributed by atoms with E-state index in [1.165, 1.54) is 5.56 Å². The van der Waals surface area contributed by atoms with E-state index in [-0.39, 0.29) is 11.3 Å². The molecular formula is C16H16N2O2. The van der Waals surface area contributed by atoms with Crippen LogP contribution in [-0.4, -0.2) is 21.3 Å². The number of aliphatic carboxylic acids is 1. The molecule has 5 rings (SSSR count). The minimum Gasteiger partial charge on any atom is -0.481 e. The van der Waals surface area contributed by atoms with Crippen molar-refractivity contribution in [2.24, 2.45) is 11.8 Å². The Morgan fingerprint density at radius 2 is 2.30 bits per heavy atom. The lowest BCUT2D eigenvalue weighted by atomic mass is 9.57. The second kappa shape index (κ2) is 3.95. The third-order valence-corrected chi connectivity index (χ3v) is 5.19. The highest BCUT2D eigenvalue weighted by Crippen LogP contribution is 2.64. The van der Waals surface area contributed by atoms with E-state index in [1.54, 1.807) is 6.20 Å². The van der Waals surface area contributed by atoms with Crippen molar-refractivity contribution in [1.82, 2.24) is 10.2 Å². The van der Waals surface area contributed by atoms with Gasteiger partial charge < -0.3 is 5.11 Å². The number of aromatic nitrogens is 2. The van der Waals surface area contributed by atoms with E-state index in [0.29, 0.717) is 5.92 Å². The van der Waals surface area contributed by atoms with Gasteiger partial charge in [0.2, 0.25) is 0 Å². The lowest BCUT2D eigenvalue weighted by molar-refractivity contribution is -0.150. The largest absolute Gasteiger partial charge is 0.481 e. The predicted octanol–water partition coefficient (Wildman–Crippen LogP) is 2.83. The van der Waals surface area contributed by atoms with Gasteiger partial charge in [-0.05, 0) is 36.3 Å². The van der Waals surface area contributed by atoms with Crippen LogP contribution in [0, 0.1) is 11.8 Å². The second-order valence-corrected chi connectivity index (χ2v) is 6.04. The summed E-state index contributed by atoms with van der Waals surface area (Å²) in [6.45, 7) is 0. The van der Waals surface area contributed by atoms with Crippen molar-refractivity contribution in [2.45, 2.75) is 24.7 Å². The molecule has 102 valence electrons. The maximum Gasteiger partial charge on any atom is 0.307 e. The zero-order chi connectivity index (χ0) is 13.7. The quantitative estimate of drug-likeness (QED) is 0.899. The number of hydrogen-bond acceptors (Lipinski definition) is 2. The van der Waals surface area contributed by atoms with Gasteiger partial charge in [-0.15, -0.1) is 0 Å². The van der Waals surface area contributed by atoms with Gasteiger partial charge in [0, 0.05) is 17.2 Å². The normalized spacial score (nSPS) is 31.0. The fourth-order valence-corrected chi connectivity index (χ4v) is 4.27. The zero-order valence-corrected chi connectivity index (χ0v) is 11.0. The molecule has 2 aromatic rings. The number of carboxylic acid groups (broad SMARTS) is 1. The highest BCUT2D eigenvalue weighted by molar-refractivity contribution is 5.76. The number of fused-ring (bicyclic) bond motifs is 1. The average Bonchev–Trinajstić information content (AvgIpc) is 3.14. The molecule has 1 aromatic carbocycles. The van der Waals surface area contributed by atoms with E-state index in [9.17, 15) is 9.90 Å². The van der Waals surface area contributed by atoms with Crippen molar-refractivity contribution in [3.05, 3.63) is 42.2 Å². The summed E-state index contributed by atoms with van der Waals surface area (Å²) in [6.07, 6.45) is 6.74. The number of aromatic amines is 1. The summed E-state index contributed by atoms with van der Waals surface area (Å²) in [5.41, 5.74) is 3.20. The van der Waals surface area contributed by atoms with Gasteiger partial charge in [-0.25, -0.2) is 0 Å². The van der Waals surface area contributed by atoms with E-state index in [0.717, 1.165) is 30.4 Å². The first kappa shape index (κ1) is 11.7. The van der Waals surface area contributed by atoms with Crippen LogP contribution >= 0.6 is 0 Å². The molecule has 0 spiro atoms. The summed E-state index contributed by atoms with van der Waals surface area (Å²) in [4.78, 5) is 11.5. The number of H-pyrrole nitrogens is 1. The van der Waals surface area contributed by atoms with Gasteiger partial charge in [-0.1, -0.05) is 24.3 Å². The minimum atomic E-state index is -0.632. The smallest absolute Gasteiger partial charge is 0.307 e. The summed E-state index contributed by atoms with van der Waals surface area (Å²) >= 11 is 0. The second-order valence-electron chi connectivity index (χ2n) is 6.04. The van der Waals surface area contributed by atoms with Crippen LogP contribution < -0.4 is 0 Å².